The van der Waals surface area contributed by atoms with Gasteiger partial charge in [0.05, 0.1) is 6.04 Å². The van der Waals surface area contributed by atoms with Crippen LogP contribution in [0.3, 0.4) is 0 Å². The van der Waals surface area contributed by atoms with Gasteiger partial charge >= 0.3 is 0 Å². The number of carbonyl (C=O) groups is 1. The fraction of sp³-hybridized carbons (Fsp3) is 0.381. The molecular weight excluding hydrogens is 296 g/mol. The largest absolute Gasteiger partial charge is 0.338 e. The summed E-state index contributed by atoms with van der Waals surface area (Å²) in [5, 5.41) is 0. The minimum Gasteiger partial charge on any atom is -0.338 e. The number of nitrogens with zero attached hydrogens (tertiary/aromatic N) is 1. The topological polar surface area (TPSA) is 46.3 Å². The maximum atomic E-state index is 12.5. The minimum absolute atomic E-state index is 0.0217. The summed E-state index contributed by atoms with van der Waals surface area (Å²) < 4.78 is 0. The highest BCUT2D eigenvalue weighted by Gasteiger charge is 2.35. The molecule has 0 radical (unpaired) electrons. The predicted molar refractivity (Wildman–Crippen MR) is 98.5 cm³/mol. The molecule has 2 unspecified atom stereocenters. The molecule has 1 amide bonds. The van der Waals surface area contributed by atoms with Crippen molar-refractivity contribution < 1.29 is 4.79 Å². The van der Waals surface area contributed by atoms with Gasteiger partial charge < -0.3 is 10.6 Å². The van der Waals surface area contributed by atoms with E-state index in [0.717, 1.165) is 19.4 Å². The van der Waals surface area contributed by atoms with Crippen LogP contribution in [0.15, 0.2) is 54.6 Å². The molecule has 1 saturated heterocycles. The van der Waals surface area contributed by atoms with E-state index in [4.69, 9.17) is 5.73 Å². The van der Waals surface area contributed by atoms with Crippen molar-refractivity contribution in [3.8, 4) is 11.1 Å². The lowest BCUT2D eigenvalue weighted by atomic mass is 9.96. The predicted octanol–water partition coefficient (Wildman–Crippen LogP) is 3.48. The molecule has 2 N–H and O–H groups in total. The summed E-state index contributed by atoms with van der Waals surface area (Å²) in [7, 11) is 0. The van der Waals surface area contributed by atoms with Crippen LogP contribution in [0, 0.1) is 5.92 Å². The number of rotatable bonds is 4. The van der Waals surface area contributed by atoms with Crippen LogP contribution in [0.4, 0.5) is 0 Å². The van der Waals surface area contributed by atoms with E-state index in [2.05, 4.69) is 48.5 Å². The SMILES string of the molecule is CC(C)C(=O)N1CCC(N)C1Cc1cccc(-c2ccccc2)c1. The van der Waals surface area contributed by atoms with Gasteiger partial charge in [-0.2, -0.15) is 0 Å². The van der Waals surface area contributed by atoms with Crippen LogP contribution in [0.25, 0.3) is 11.1 Å². The highest BCUT2D eigenvalue weighted by Crippen LogP contribution is 2.25. The third kappa shape index (κ3) is 3.51. The van der Waals surface area contributed by atoms with Gasteiger partial charge in [-0.25, -0.2) is 0 Å². The molecule has 24 heavy (non-hydrogen) atoms. The molecular formula is C21H26N2O. The van der Waals surface area contributed by atoms with Gasteiger partial charge in [0, 0.05) is 18.5 Å². The van der Waals surface area contributed by atoms with Gasteiger partial charge in [-0.1, -0.05) is 68.4 Å². The summed E-state index contributed by atoms with van der Waals surface area (Å²) in [6.45, 7) is 4.69. The van der Waals surface area contributed by atoms with E-state index in [9.17, 15) is 4.79 Å². The zero-order chi connectivity index (χ0) is 17.1. The van der Waals surface area contributed by atoms with Crippen LogP contribution in [-0.4, -0.2) is 29.4 Å². The summed E-state index contributed by atoms with van der Waals surface area (Å²) in [6.07, 6.45) is 1.71. The van der Waals surface area contributed by atoms with E-state index in [1.807, 2.05) is 24.8 Å². The molecule has 2 atom stereocenters. The fourth-order valence-corrected chi connectivity index (χ4v) is 3.49. The molecule has 2 aromatic rings. The zero-order valence-corrected chi connectivity index (χ0v) is 14.5. The van der Waals surface area contributed by atoms with Gasteiger partial charge in [0.2, 0.25) is 5.91 Å². The van der Waals surface area contributed by atoms with E-state index >= 15 is 0 Å². The molecule has 2 aromatic carbocycles. The van der Waals surface area contributed by atoms with Crippen molar-refractivity contribution in [3.05, 3.63) is 60.2 Å². The van der Waals surface area contributed by atoms with E-state index < -0.39 is 0 Å². The molecule has 0 spiro atoms. The Hall–Kier alpha value is -2.13. The van der Waals surface area contributed by atoms with Crippen molar-refractivity contribution in [2.24, 2.45) is 11.7 Å². The lowest BCUT2D eigenvalue weighted by molar-refractivity contribution is -0.135. The Morgan fingerprint density at radius 3 is 2.54 bits per heavy atom. The zero-order valence-electron chi connectivity index (χ0n) is 14.5. The van der Waals surface area contributed by atoms with E-state index in [1.165, 1.54) is 16.7 Å². The molecule has 1 fully saturated rings. The fourth-order valence-electron chi connectivity index (χ4n) is 3.49. The van der Waals surface area contributed by atoms with Crippen molar-refractivity contribution >= 4 is 5.91 Å². The smallest absolute Gasteiger partial charge is 0.225 e. The first kappa shape index (κ1) is 16.7. The molecule has 126 valence electrons. The Morgan fingerprint density at radius 2 is 1.83 bits per heavy atom. The van der Waals surface area contributed by atoms with E-state index in [-0.39, 0.29) is 23.9 Å². The first-order valence-electron chi connectivity index (χ1n) is 8.76. The Kier molecular flexibility index (Phi) is 5.00. The molecule has 0 aromatic heterocycles. The summed E-state index contributed by atoms with van der Waals surface area (Å²) >= 11 is 0. The molecule has 0 bridgehead atoms. The molecule has 3 nitrogen and oxygen atoms in total. The number of nitrogens with two attached hydrogens (primary N) is 1. The van der Waals surface area contributed by atoms with Gasteiger partial charge in [0.1, 0.15) is 0 Å². The van der Waals surface area contributed by atoms with Crippen LogP contribution >= 0.6 is 0 Å². The Labute approximate surface area is 144 Å². The molecule has 0 saturated carbocycles. The molecule has 0 aliphatic carbocycles. The number of hydrogen-bond acceptors (Lipinski definition) is 2. The lowest BCUT2D eigenvalue weighted by Gasteiger charge is -2.28. The highest BCUT2D eigenvalue weighted by molar-refractivity contribution is 5.79. The molecule has 3 heteroatoms. The van der Waals surface area contributed by atoms with Gasteiger partial charge in [0.25, 0.3) is 0 Å². The minimum atomic E-state index is 0.0217. The van der Waals surface area contributed by atoms with Crippen LogP contribution in [0.2, 0.25) is 0 Å². The summed E-state index contributed by atoms with van der Waals surface area (Å²) in [5.41, 5.74) is 9.97. The number of amides is 1. The maximum Gasteiger partial charge on any atom is 0.225 e. The Morgan fingerprint density at radius 1 is 1.12 bits per heavy atom. The summed E-state index contributed by atoms with van der Waals surface area (Å²) in [6, 6.07) is 19.1. The number of benzene rings is 2. The van der Waals surface area contributed by atoms with Crippen molar-refractivity contribution in [2.75, 3.05) is 6.54 Å². The second kappa shape index (κ2) is 7.18. The summed E-state index contributed by atoms with van der Waals surface area (Å²) in [4.78, 5) is 14.4. The first-order valence-corrected chi connectivity index (χ1v) is 8.76. The Balaban J connectivity index is 1.81. The van der Waals surface area contributed by atoms with Crippen LogP contribution in [0.1, 0.15) is 25.8 Å². The van der Waals surface area contributed by atoms with Crippen LogP contribution in [0.5, 0.6) is 0 Å². The monoisotopic (exact) mass is 322 g/mol. The molecule has 1 aliphatic rings. The molecule has 1 aliphatic heterocycles. The van der Waals surface area contributed by atoms with Gasteiger partial charge in [-0.3, -0.25) is 4.79 Å². The van der Waals surface area contributed by atoms with Gasteiger partial charge in [-0.15, -0.1) is 0 Å². The normalized spacial score (nSPS) is 20.6. The third-order valence-corrected chi connectivity index (χ3v) is 4.85. The number of carbonyl (C=O) groups excluding carboxylic acids is 1. The van der Waals surface area contributed by atoms with E-state index in [0.29, 0.717) is 0 Å². The van der Waals surface area contributed by atoms with Crippen LogP contribution in [-0.2, 0) is 11.2 Å². The molecule has 3 rings (SSSR count). The number of hydrogen-bond donors (Lipinski definition) is 1. The highest BCUT2D eigenvalue weighted by atomic mass is 16.2. The second-order valence-corrected chi connectivity index (χ2v) is 6.98. The van der Waals surface area contributed by atoms with Crippen molar-refractivity contribution in [2.45, 2.75) is 38.8 Å². The van der Waals surface area contributed by atoms with Crippen molar-refractivity contribution in [1.29, 1.82) is 0 Å². The van der Waals surface area contributed by atoms with Gasteiger partial charge in [-0.05, 0) is 29.5 Å². The molecule has 1 heterocycles. The Bertz CT molecular complexity index is 696. The van der Waals surface area contributed by atoms with Crippen LogP contribution < -0.4 is 5.73 Å². The van der Waals surface area contributed by atoms with Gasteiger partial charge in [0.15, 0.2) is 0 Å². The number of likely N-dealkylation sites (tertiary alicyclic amines) is 1. The average Bonchev–Trinajstić information content (AvgIpc) is 2.96. The summed E-state index contributed by atoms with van der Waals surface area (Å²) in [5.74, 6) is 0.237. The van der Waals surface area contributed by atoms with Crippen molar-refractivity contribution in [3.63, 3.8) is 0 Å². The standard InChI is InChI=1S/C21H26N2O/c1-15(2)21(24)23-12-11-19(22)20(23)14-16-7-6-10-18(13-16)17-8-4-3-5-9-17/h3-10,13,15,19-20H,11-12,14,22H2,1-2H3. The average molecular weight is 322 g/mol. The quantitative estimate of drug-likeness (QED) is 0.937. The second-order valence-electron chi connectivity index (χ2n) is 6.98. The van der Waals surface area contributed by atoms with Crippen molar-refractivity contribution in [1.82, 2.24) is 4.90 Å². The third-order valence-electron chi connectivity index (χ3n) is 4.85. The maximum absolute atomic E-state index is 12.5. The van der Waals surface area contributed by atoms with E-state index in [1.54, 1.807) is 0 Å². The lowest BCUT2D eigenvalue weighted by Crippen LogP contribution is -2.45. The first-order chi connectivity index (χ1) is 11.6.